The molecule has 0 amide bonds. The molecule has 0 aliphatic carbocycles. The van der Waals surface area contributed by atoms with E-state index in [0.29, 0.717) is 0 Å². The van der Waals surface area contributed by atoms with Gasteiger partial charge in [0.2, 0.25) is 0 Å². The molecule has 1 aliphatic rings. The molecule has 1 saturated heterocycles. The fourth-order valence-corrected chi connectivity index (χ4v) is 2.61. The van der Waals surface area contributed by atoms with Gasteiger partial charge in [-0.25, -0.2) is 4.98 Å². The van der Waals surface area contributed by atoms with Crippen LogP contribution >= 0.6 is 0 Å². The van der Waals surface area contributed by atoms with Crippen LogP contribution in [0.5, 0.6) is 0 Å². The Morgan fingerprint density at radius 2 is 2.00 bits per heavy atom. The van der Waals surface area contributed by atoms with E-state index in [-0.39, 0.29) is 5.41 Å². The van der Waals surface area contributed by atoms with Gasteiger partial charge in [0.15, 0.2) is 0 Å². The summed E-state index contributed by atoms with van der Waals surface area (Å²) >= 11 is 0. The molecule has 1 fully saturated rings. The number of aromatic nitrogens is 4. The Morgan fingerprint density at radius 1 is 1.19 bits per heavy atom. The summed E-state index contributed by atoms with van der Waals surface area (Å²) in [7, 11) is 0. The van der Waals surface area contributed by atoms with Gasteiger partial charge in [0.05, 0.1) is 48.9 Å². The zero-order chi connectivity index (χ0) is 14.3. The van der Waals surface area contributed by atoms with E-state index in [2.05, 4.69) is 22.0 Å². The maximum Gasteiger partial charge on any atom is 0.0924 e. The quantitative estimate of drug-likeness (QED) is 0.740. The van der Waals surface area contributed by atoms with Crippen molar-refractivity contribution < 1.29 is 4.74 Å². The van der Waals surface area contributed by atoms with E-state index >= 15 is 0 Å². The molecule has 1 aromatic carbocycles. The molecular formula is C16H16N4O. The van der Waals surface area contributed by atoms with Crippen molar-refractivity contribution >= 4 is 11.0 Å². The minimum Gasteiger partial charge on any atom is -0.380 e. The lowest BCUT2D eigenvalue weighted by Gasteiger charge is -2.37. The summed E-state index contributed by atoms with van der Waals surface area (Å²) in [5.74, 6) is 0. The first-order chi connectivity index (χ1) is 10.2. The van der Waals surface area contributed by atoms with Gasteiger partial charge in [-0.2, -0.15) is 5.10 Å². The van der Waals surface area contributed by atoms with Gasteiger partial charge >= 0.3 is 0 Å². The molecule has 21 heavy (non-hydrogen) atoms. The highest BCUT2D eigenvalue weighted by Crippen LogP contribution is 2.29. The Hall–Kier alpha value is -2.27. The fraction of sp³-hybridized carbons (Fsp3) is 0.312. The maximum atomic E-state index is 5.29. The molecule has 5 heteroatoms. The van der Waals surface area contributed by atoms with E-state index < -0.39 is 0 Å². The third kappa shape index (κ3) is 2.29. The van der Waals surface area contributed by atoms with Gasteiger partial charge in [-0.15, -0.1) is 0 Å². The van der Waals surface area contributed by atoms with Crippen molar-refractivity contribution in [1.82, 2.24) is 19.7 Å². The number of fused-ring (bicyclic) bond motifs is 1. The molecule has 2 aromatic heterocycles. The second kappa shape index (κ2) is 4.63. The molecule has 0 spiro atoms. The molecule has 4 rings (SSSR count). The van der Waals surface area contributed by atoms with Crippen molar-refractivity contribution in [3.05, 3.63) is 42.9 Å². The molecule has 0 N–H and O–H groups in total. The van der Waals surface area contributed by atoms with Crippen LogP contribution < -0.4 is 0 Å². The Kier molecular flexibility index (Phi) is 2.75. The van der Waals surface area contributed by atoms with Crippen molar-refractivity contribution in [2.75, 3.05) is 13.2 Å². The second-order valence-corrected chi connectivity index (χ2v) is 5.97. The van der Waals surface area contributed by atoms with Crippen LogP contribution in [0.25, 0.3) is 22.3 Å². The first-order valence-corrected chi connectivity index (χ1v) is 7.04. The van der Waals surface area contributed by atoms with Crippen LogP contribution in [0, 0.1) is 5.41 Å². The monoisotopic (exact) mass is 280 g/mol. The summed E-state index contributed by atoms with van der Waals surface area (Å²) in [6.45, 7) is 4.69. The van der Waals surface area contributed by atoms with Crippen molar-refractivity contribution in [2.24, 2.45) is 5.41 Å². The third-order valence-electron chi connectivity index (χ3n) is 3.82. The van der Waals surface area contributed by atoms with Crippen LogP contribution in [-0.2, 0) is 11.3 Å². The van der Waals surface area contributed by atoms with E-state index in [1.165, 1.54) is 0 Å². The van der Waals surface area contributed by atoms with Crippen LogP contribution in [0.1, 0.15) is 6.92 Å². The highest BCUT2D eigenvalue weighted by Gasteiger charge is 2.34. The van der Waals surface area contributed by atoms with E-state index in [1.807, 2.05) is 41.3 Å². The molecular weight excluding hydrogens is 264 g/mol. The third-order valence-corrected chi connectivity index (χ3v) is 3.82. The van der Waals surface area contributed by atoms with Gasteiger partial charge in [-0.3, -0.25) is 9.67 Å². The van der Waals surface area contributed by atoms with Crippen LogP contribution in [0.2, 0.25) is 0 Å². The Balaban J connectivity index is 1.64. The van der Waals surface area contributed by atoms with Gasteiger partial charge in [0, 0.05) is 17.2 Å². The Morgan fingerprint density at radius 3 is 2.76 bits per heavy atom. The molecule has 0 radical (unpaired) electrons. The summed E-state index contributed by atoms with van der Waals surface area (Å²) < 4.78 is 7.25. The van der Waals surface area contributed by atoms with Gasteiger partial charge in [0.1, 0.15) is 0 Å². The fourth-order valence-electron chi connectivity index (χ4n) is 2.61. The first kappa shape index (κ1) is 12.5. The molecule has 0 atom stereocenters. The average Bonchev–Trinajstić information content (AvgIpc) is 2.93. The van der Waals surface area contributed by atoms with Gasteiger partial charge < -0.3 is 4.74 Å². The molecule has 3 aromatic rings. The largest absolute Gasteiger partial charge is 0.380 e. The summed E-state index contributed by atoms with van der Waals surface area (Å²) in [6.07, 6.45) is 5.68. The lowest BCUT2D eigenvalue weighted by molar-refractivity contribution is -0.111. The van der Waals surface area contributed by atoms with Crippen LogP contribution in [0.4, 0.5) is 0 Å². The van der Waals surface area contributed by atoms with E-state index in [0.717, 1.165) is 42.0 Å². The van der Waals surface area contributed by atoms with Crippen molar-refractivity contribution in [1.29, 1.82) is 0 Å². The standard InChI is InChI=1S/C16H16N4O/c1-16(10-21-11-16)9-20-8-12(6-18-20)15-7-17-13-4-2-3-5-14(13)19-15/h2-8H,9-11H2,1H3. The van der Waals surface area contributed by atoms with E-state index in [1.54, 1.807) is 6.20 Å². The number of hydrogen-bond acceptors (Lipinski definition) is 4. The van der Waals surface area contributed by atoms with Gasteiger partial charge in [-0.1, -0.05) is 19.1 Å². The predicted molar refractivity (Wildman–Crippen MR) is 79.7 cm³/mol. The number of hydrogen-bond donors (Lipinski definition) is 0. The highest BCUT2D eigenvalue weighted by molar-refractivity contribution is 5.76. The normalized spacial score (nSPS) is 16.8. The topological polar surface area (TPSA) is 52.8 Å². The molecule has 0 saturated carbocycles. The van der Waals surface area contributed by atoms with Crippen LogP contribution in [-0.4, -0.2) is 33.0 Å². The minimum absolute atomic E-state index is 0.207. The van der Waals surface area contributed by atoms with Gasteiger partial charge in [0.25, 0.3) is 0 Å². The summed E-state index contributed by atoms with van der Waals surface area (Å²) in [5, 5.41) is 4.43. The molecule has 0 bridgehead atoms. The zero-order valence-corrected chi connectivity index (χ0v) is 11.9. The summed E-state index contributed by atoms with van der Waals surface area (Å²) in [4.78, 5) is 9.10. The molecule has 5 nitrogen and oxygen atoms in total. The number of benzene rings is 1. The van der Waals surface area contributed by atoms with Crippen molar-refractivity contribution in [3.8, 4) is 11.3 Å². The van der Waals surface area contributed by atoms with Crippen molar-refractivity contribution in [2.45, 2.75) is 13.5 Å². The first-order valence-electron chi connectivity index (χ1n) is 7.04. The van der Waals surface area contributed by atoms with Crippen LogP contribution in [0.3, 0.4) is 0 Å². The predicted octanol–water partition coefficient (Wildman–Crippen LogP) is 2.53. The molecule has 0 unspecified atom stereocenters. The van der Waals surface area contributed by atoms with E-state index in [9.17, 15) is 0 Å². The highest BCUT2D eigenvalue weighted by atomic mass is 16.5. The number of rotatable bonds is 3. The Labute approximate surface area is 122 Å². The number of para-hydroxylation sites is 2. The van der Waals surface area contributed by atoms with E-state index in [4.69, 9.17) is 4.74 Å². The summed E-state index contributed by atoms with van der Waals surface area (Å²) in [5.41, 5.74) is 3.88. The zero-order valence-electron chi connectivity index (χ0n) is 11.9. The molecule has 3 heterocycles. The smallest absolute Gasteiger partial charge is 0.0924 e. The number of nitrogens with zero attached hydrogens (tertiary/aromatic N) is 4. The second-order valence-electron chi connectivity index (χ2n) is 5.97. The van der Waals surface area contributed by atoms with Gasteiger partial charge in [-0.05, 0) is 12.1 Å². The van der Waals surface area contributed by atoms with Crippen molar-refractivity contribution in [3.63, 3.8) is 0 Å². The lowest BCUT2D eigenvalue weighted by atomic mass is 9.89. The SMILES string of the molecule is CC1(Cn2cc(-c3cnc4ccccc4n3)cn2)COC1. The number of ether oxygens (including phenoxy) is 1. The molecule has 1 aliphatic heterocycles. The van der Waals surface area contributed by atoms with Crippen LogP contribution in [0.15, 0.2) is 42.9 Å². The summed E-state index contributed by atoms with van der Waals surface area (Å²) in [6, 6.07) is 7.88. The Bertz CT molecular complexity index is 792. The molecule has 106 valence electrons. The average molecular weight is 280 g/mol. The maximum absolute atomic E-state index is 5.29. The lowest BCUT2D eigenvalue weighted by Crippen LogP contribution is -2.43. The minimum atomic E-state index is 0.207.